The van der Waals surface area contributed by atoms with Crippen LogP contribution in [0.1, 0.15) is 58.3 Å². The topological polar surface area (TPSA) is 15.7 Å². The van der Waals surface area contributed by atoms with E-state index in [1.165, 1.54) is 84.1 Å². The van der Waals surface area contributed by atoms with Gasteiger partial charge in [0.05, 0.1) is 0 Å². The molecule has 0 aromatic heterocycles. The van der Waals surface area contributed by atoms with Crippen molar-refractivity contribution in [1.29, 1.82) is 0 Å². The molecule has 0 aromatic rings. The van der Waals surface area contributed by atoms with Crippen LogP contribution in [0.3, 0.4) is 0 Å². The first kappa shape index (κ1) is 17.7. The van der Waals surface area contributed by atoms with Crippen LogP contribution in [0, 0.1) is 17.8 Å². The summed E-state index contributed by atoms with van der Waals surface area (Å²) in [6.07, 6.45) is 11.3. The Morgan fingerprint density at radius 3 is 2.13 bits per heavy atom. The molecule has 1 saturated carbocycles. The van der Waals surface area contributed by atoms with Crippen LogP contribution in [-0.2, 0) is 4.74 Å². The van der Waals surface area contributed by atoms with E-state index >= 15 is 0 Å². The van der Waals surface area contributed by atoms with E-state index in [9.17, 15) is 0 Å². The molecule has 23 heavy (non-hydrogen) atoms. The number of likely N-dealkylation sites (tertiary alicyclic amines) is 2. The van der Waals surface area contributed by atoms with Gasteiger partial charge in [0.15, 0.2) is 0 Å². The highest BCUT2D eigenvalue weighted by atomic mass is 16.5. The van der Waals surface area contributed by atoms with Gasteiger partial charge in [0, 0.05) is 26.3 Å². The minimum atomic E-state index is 0.917. The zero-order chi connectivity index (χ0) is 16.1. The number of hydrogen-bond donors (Lipinski definition) is 0. The van der Waals surface area contributed by atoms with Crippen LogP contribution in [0.2, 0.25) is 0 Å². The molecule has 0 N–H and O–H groups in total. The van der Waals surface area contributed by atoms with E-state index in [4.69, 9.17) is 4.74 Å². The van der Waals surface area contributed by atoms with E-state index in [-0.39, 0.29) is 0 Å². The summed E-state index contributed by atoms with van der Waals surface area (Å²) < 4.78 is 5.23. The number of rotatable bonds is 7. The third kappa shape index (κ3) is 4.93. The minimum Gasteiger partial charge on any atom is -0.385 e. The molecule has 0 unspecified atom stereocenters. The lowest BCUT2D eigenvalue weighted by Crippen LogP contribution is -2.51. The van der Waals surface area contributed by atoms with Crippen molar-refractivity contribution in [3.05, 3.63) is 0 Å². The van der Waals surface area contributed by atoms with Crippen LogP contribution in [-0.4, -0.2) is 62.3 Å². The Morgan fingerprint density at radius 2 is 1.52 bits per heavy atom. The smallest absolute Gasteiger partial charge is 0.0464 e. The Balaban J connectivity index is 1.28. The van der Waals surface area contributed by atoms with E-state index in [1.54, 1.807) is 0 Å². The van der Waals surface area contributed by atoms with Crippen LogP contribution in [0.4, 0.5) is 0 Å². The van der Waals surface area contributed by atoms with E-state index in [0.717, 1.165) is 30.4 Å². The van der Waals surface area contributed by atoms with Gasteiger partial charge in [-0.25, -0.2) is 0 Å². The molecule has 3 heteroatoms. The van der Waals surface area contributed by atoms with Gasteiger partial charge in [-0.05, 0) is 88.9 Å². The minimum absolute atomic E-state index is 0.917. The average Bonchev–Trinajstić information content (AvgIpc) is 2.57. The number of methoxy groups -OCH3 is 1. The highest BCUT2D eigenvalue weighted by molar-refractivity contribution is 4.91. The van der Waals surface area contributed by atoms with Gasteiger partial charge in [-0.1, -0.05) is 13.3 Å². The summed E-state index contributed by atoms with van der Waals surface area (Å²) in [4.78, 5) is 5.55. The summed E-state index contributed by atoms with van der Waals surface area (Å²) in [5, 5.41) is 0. The summed E-state index contributed by atoms with van der Waals surface area (Å²) >= 11 is 0. The van der Waals surface area contributed by atoms with Gasteiger partial charge < -0.3 is 14.5 Å². The normalized spacial score (nSPS) is 32.1. The molecule has 0 radical (unpaired) electrons. The Kier molecular flexibility index (Phi) is 6.79. The van der Waals surface area contributed by atoms with E-state index in [0.29, 0.717) is 0 Å². The van der Waals surface area contributed by atoms with Gasteiger partial charge in [0.25, 0.3) is 0 Å². The van der Waals surface area contributed by atoms with Crippen LogP contribution in [0.5, 0.6) is 0 Å². The SMILES string of the molecule is CCC1CCN([C@H]2C[C@H](CN3CCC(CCOC)CC3)C2)CC1. The summed E-state index contributed by atoms with van der Waals surface area (Å²) in [7, 11) is 1.83. The van der Waals surface area contributed by atoms with Crippen molar-refractivity contribution >= 4 is 0 Å². The second-order valence-corrected chi connectivity index (χ2v) is 8.40. The fraction of sp³-hybridized carbons (Fsp3) is 1.00. The van der Waals surface area contributed by atoms with Crippen molar-refractivity contribution in [2.45, 2.75) is 64.3 Å². The quantitative estimate of drug-likeness (QED) is 0.712. The summed E-state index contributed by atoms with van der Waals surface area (Å²) in [5.41, 5.74) is 0. The van der Waals surface area contributed by atoms with E-state index in [2.05, 4.69) is 16.7 Å². The van der Waals surface area contributed by atoms with Crippen LogP contribution in [0.25, 0.3) is 0 Å². The molecule has 3 nitrogen and oxygen atoms in total. The predicted molar refractivity (Wildman–Crippen MR) is 96.8 cm³/mol. The molecule has 2 saturated heterocycles. The largest absolute Gasteiger partial charge is 0.385 e. The Labute approximate surface area is 143 Å². The first-order chi connectivity index (χ1) is 11.3. The summed E-state index contributed by atoms with van der Waals surface area (Å²) in [5.74, 6) is 2.92. The van der Waals surface area contributed by atoms with Crippen molar-refractivity contribution in [2.75, 3.05) is 46.4 Å². The zero-order valence-electron chi connectivity index (χ0n) is 15.5. The molecular formula is C20H38N2O. The zero-order valence-corrected chi connectivity index (χ0v) is 15.5. The van der Waals surface area contributed by atoms with Crippen molar-refractivity contribution in [1.82, 2.24) is 9.80 Å². The fourth-order valence-corrected chi connectivity index (χ4v) is 4.98. The fourth-order valence-electron chi connectivity index (χ4n) is 4.98. The molecule has 2 heterocycles. The molecule has 0 aromatic carbocycles. The summed E-state index contributed by atoms with van der Waals surface area (Å²) in [6.45, 7) is 10.1. The lowest BCUT2D eigenvalue weighted by atomic mass is 9.77. The average molecular weight is 323 g/mol. The van der Waals surface area contributed by atoms with Crippen molar-refractivity contribution in [2.24, 2.45) is 17.8 Å². The highest BCUT2D eigenvalue weighted by Gasteiger charge is 2.36. The number of nitrogens with zero attached hydrogens (tertiary/aromatic N) is 2. The molecule has 3 aliphatic rings. The lowest BCUT2D eigenvalue weighted by molar-refractivity contribution is 0.0261. The van der Waals surface area contributed by atoms with Crippen LogP contribution >= 0.6 is 0 Å². The molecule has 0 atom stereocenters. The monoisotopic (exact) mass is 322 g/mol. The molecule has 0 spiro atoms. The highest BCUT2D eigenvalue weighted by Crippen LogP contribution is 2.35. The van der Waals surface area contributed by atoms with Crippen LogP contribution in [0.15, 0.2) is 0 Å². The van der Waals surface area contributed by atoms with Gasteiger partial charge in [0.1, 0.15) is 0 Å². The molecule has 0 amide bonds. The number of hydrogen-bond acceptors (Lipinski definition) is 3. The third-order valence-electron chi connectivity index (χ3n) is 6.91. The van der Waals surface area contributed by atoms with Crippen molar-refractivity contribution in [3.63, 3.8) is 0 Å². The van der Waals surface area contributed by atoms with E-state index < -0.39 is 0 Å². The maximum atomic E-state index is 5.23. The molecule has 2 aliphatic heterocycles. The number of piperidine rings is 2. The second-order valence-electron chi connectivity index (χ2n) is 8.40. The van der Waals surface area contributed by atoms with Crippen molar-refractivity contribution < 1.29 is 4.74 Å². The number of ether oxygens (including phenoxy) is 1. The van der Waals surface area contributed by atoms with Gasteiger partial charge in [0.2, 0.25) is 0 Å². The molecule has 3 fully saturated rings. The maximum absolute atomic E-state index is 5.23. The second kappa shape index (κ2) is 8.82. The Bertz CT molecular complexity index is 327. The first-order valence-electron chi connectivity index (χ1n) is 10.2. The Hall–Kier alpha value is -0.120. The third-order valence-corrected chi connectivity index (χ3v) is 6.91. The predicted octanol–water partition coefficient (Wildman–Crippen LogP) is 3.64. The molecule has 3 rings (SSSR count). The molecule has 0 bridgehead atoms. The van der Waals surface area contributed by atoms with Gasteiger partial charge in [-0.15, -0.1) is 0 Å². The molecular weight excluding hydrogens is 284 g/mol. The van der Waals surface area contributed by atoms with Gasteiger partial charge in [-0.2, -0.15) is 0 Å². The van der Waals surface area contributed by atoms with Crippen LogP contribution < -0.4 is 0 Å². The van der Waals surface area contributed by atoms with E-state index in [1.807, 2.05) is 7.11 Å². The Morgan fingerprint density at radius 1 is 0.870 bits per heavy atom. The van der Waals surface area contributed by atoms with Crippen molar-refractivity contribution in [3.8, 4) is 0 Å². The van der Waals surface area contributed by atoms with Gasteiger partial charge in [-0.3, -0.25) is 0 Å². The molecule has 1 aliphatic carbocycles. The van der Waals surface area contributed by atoms with Gasteiger partial charge >= 0.3 is 0 Å². The maximum Gasteiger partial charge on any atom is 0.0464 e. The molecule has 134 valence electrons. The standard InChI is InChI=1S/C20H38N2O/c1-3-17-6-11-22(12-7-17)20-14-19(15-20)16-21-9-4-18(5-10-21)8-13-23-2/h17-20H,3-16H2,1-2H3/t19-,20-. The lowest BCUT2D eigenvalue weighted by Gasteiger charge is -2.47. The summed E-state index contributed by atoms with van der Waals surface area (Å²) in [6, 6.07) is 0.928. The first-order valence-corrected chi connectivity index (χ1v) is 10.2.